The van der Waals surface area contributed by atoms with Crippen molar-refractivity contribution in [1.82, 2.24) is 4.98 Å². The number of pyridine rings is 1. The van der Waals surface area contributed by atoms with E-state index in [-0.39, 0.29) is 0 Å². The summed E-state index contributed by atoms with van der Waals surface area (Å²) in [6, 6.07) is 17.6. The Balaban J connectivity index is 2.30. The molecule has 0 aliphatic heterocycles. The molecule has 0 bridgehead atoms. The number of benzene rings is 1. The molecule has 0 saturated carbocycles. The van der Waals surface area contributed by atoms with Gasteiger partial charge in [0.1, 0.15) is 11.8 Å². The summed E-state index contributed by atoms with van der Waals surface area (Å²) in [6.07, 6.45) is 3.58. The molecule has 2 aromatic heterocycles. The van der Waals surface area contributed by atoms with E-state index in [2.05, 4.69) is 11.1 Å². The fourth-order valence-corrected chi connectivity index (χ4v) is 2.59. The van der Waals surface area contributed by atoms with Crippen molar-refractivity contribution in [3.05, 3.63) is 60.4 Å². The standard InChI is InChI=1S/C17H12N2OS/c1-21-16-10-13(15-8-5-9-20-15)14(11-18)17(19-16)12-6-3-2-4-7-12/h2-10H,1H3. The lowest BCUT2D eigenvalue weighted by atomic mass is 10.0. The van der Waals surface area contributed by atoms with E-state index in [0.717, 1.165) is 16.2 Å². The van der Waals surface area contributed by atoms with E-state index in [4.69, 9.17) is 4.42 Å². The molecule has 1 aromatic carbocycles. The van der Waals surface area contributed by atoms with E-state index >= 15 is 0 Å². The molecule has 0 unspecified atom stereocenters. The normalized spacial score (nSPS) is 10.3. The first-order chi connectivity index (χ1) is 10.3. The Labute approximate surface area is 127 Å². The zero-order valence-electron chi connectivity index (χ0n) is 11.4. The molecule has 0 spiro atoms. The molecule has 4 heteroatoms. The molecule has 0 aliphatic carbocycles. The lowest BCUT2D eigenvalue weighted by Gasteiger charge is -2.10. The third-order valence-corrected chi connectivity index (χ3v) is 3.78. The van der Waals surface area contributed by atoms with Gasteiger partial charge in [-0.05, 0) is 24.5 Å². The number of hydrogen-bond donors (Lipinski definition) is 0. The van der Waals surface area contributed by atoms with Crippen LogP contribution in [-0.4, -0.2) is 11.2 Å². The van der Waals surface area contributed by atoms with Crippen molar-refractivity contribution in [3.8, 4) is 28.7 Å². The molecule has 0 fully saturated rings. The van der Waals surface area contributed by atoms with Crippen molar-refractivity contribution in [3.63, 3.8) is 0 Å². The fourth-order valence-electron chi connectivity index (χ4n) is 2.17. The van der Waals surface area contributed by atoms with Crippen LogP contribution in [0.3, 0.4) is 0 Å². The second-order valence-electron chi connectivity index (χ2n) is 4.39. The van der Waals surface area contributed by atoms with Gasteiger partial charge in [-0.25, -0.2) is 4.98 Å². The van der Waals surface area contributed by atoms with E-state index in [9.17, 15) is 5.26 Å². The minimum atomic E-state index is 0.536. The van der Waals surface area contributed by atoms with Crippen LogP contribution in [-0.2, 0) is 0 Å². The largest absolute Gasteiger partial charge is 0.464 e. The second kappa shape index (κ2) is 5.86. The van der Waals surface area contributed by atoms with Crippen molar-refractivity contribution in [1.29, 1.82) is 5.26 Å². The van der Waals surface area contributed by atoms with Gasteiger partial charge in [0.15, 0.2) is 0 Å². The van der Waals surface area contributed by atoms with Gasteiger partial charge in [0.2, 0.25) is 0 Å². The number of hydrogen-bond acceptors (Lipinski definition) is 4. The maximum absolute atomic E-state index is 9.58. The van der Waals surface area contributed by atoms with Gasteiger partial charge in [-0.15, -0.1) is 11.8 Å². The minimum absolute atomic E-state index is 0.536. The highest BCUT2D eigenvalue weighted by Gasteiger charge is 2.16. The van der Waals surface area contributed by atoms with Gasteiger partial charge in [0, 0.05) is 11.1 Å². The summed E-state index contributed by atoms with van der Waals surface area (Å²) in [5.41, 5.74) is 2.93. The summed E-state index contributed by atoms with van der Waals surface area (Å²) in [6.45, 7) is 0. The first-order valence-corrected chi connectivity index (χ1v) is 7.64. The molecule has 0 atom stereocenters. The van der Waals surface area contributed by atoms with E-state index in [1.165, 1.54) is 0 Å². The summed E-state index contributed by atoms with van der Waals surface area (Å²) >= 11 is 1.55. The number of furan rings is 1. The monoisotopic (exact) mass is 292 g/mol. The molecule has 0 N–H and O–H groups in total. The van der Waals surface area contributed by atoms with Crippen molar-refractivity contribution >= 4 is 11.8 Å². The van der Waals surface area contributed by atoms with E-state index in [0.29, 0.717) is 17.0 Å². The third kappa shape index (κ3) is 2.56. The van der Waals surface area contributed by atoms with Crippen LogP contribution in [0.15, 0.2) is 64.2 Å². The van der Waals surface area contributed by atoms with Gasteiger partial charge >= 0.3 is 0 Å². The molecular weight excluding hydrogens is 280 g/mol. The first-order valence-electron chi connectivity index (χ1n) is 6.42. The lowest BCUT2D eigenvalue weighted by molar-refractivity contribution is 0.582. The summed E-state index contributed by atoms with van der Waals surface area (Å²) < 4.78 is 5.46. The maximum Gasteiger partial charge on any atom is 0.135 e. The average molecular weight is 292 g/mol. The Bertz CT molecular complexity index is 790. The topological polar surface area (TPSA) is 49.8 Å². The smallest absolute Gasteiger partial charge is 0.135 e. The molecule has 102 valence electrons. The molecule has 3 nitrogen and oxygen atoms in total. The highest BCUT2D eigenvalue weighted by molar-refractivity contribution is 7.98. The van der Waals surface area contributed by atoms with Crippen molar-refractivity contribution in [2.24, 2.45) is 0 Å². The van der Waals surface area contributed by atoms with Crippen LogP contribution in [0, 0.1) is 11.3 Å². The highest BCUT2D eigenvalue weighted by Crippen LogP contribution is 2.33. The van der Waals surface area contributed by atoms with Crippen molar-refractivity contribution in [2.75, 3.05) is 6.26 Å². The van der Waals surface area contributed by atoms with Gasteiger partial charge < -0.3 is 4.42 Å². The molecule has 3 aromatic rings. The molecule has 0 radical (unpaired) electrons. The van der Waals surface area contributed by atoms with Crippen LogP contribution in [0.4, 0.5) is 0 Å². The first kappa shape index (κ1) is 13.5. The lowest BCUT2D eigenvalue weighted by Crippen LogP contribution is -1.95. The fraction of sp³-hybridized carbons (Fsp3) is 0.0588. The van der Waals surface area contributed by atoms with Gasteiger partial charge in [-0.1, -0.05) is 30.3 Å². The molecule has 0 amide bonds. The van der Waals surface area contributed by atoms with Crippen molar-refractivity contribution < 1.29 is 4.42 Å². The quantitative estimate of drug-likeness (QED) is 0.662. The molecular formula is C17H12N2OS. The van der Waals surface area contributed by atoms with E-state index in [1.807, 2.05) is 54.8 Å². The Morgan fingerprint density at radius 1 is 1.14 bits per heavy atom. The number of nitrogens with zero attached hydrogens (tertiary/aromatic N) is 2. The summed E-state index contributed by atoms with van der Waals surface area (Å²) in [5.74, 6) is 0.682. The van der Waals surface area contributed by atoms with Crippen LogP contribution >= 0.6 is 11.8 Å². The average Bonchev–Trinajstić information content (AvgIpc) is 3.08. The zero-order valence-corrected chi connectivity index (χ0v) is 12.2. The Morgan fingerprint density at radius 2 is 1.95 bits per heavy atom. The Hall–Kier alpha value is -2.51. The predicted octanol–water partition coefficient (Wildman–Crippen LogP) is 4.60. The highest BCUT2D eigenvalue weighted by atomic mass is 32.2. The van der Waals surface area contributed by atoms with E-state index < -0.39 is 0 Å². The number of rotatable bonds is 3. The van der Waals surface area contributed by atoms with Crippen molar-refractivity contribution in [2.45, 2.75) is 5.03 Å². The molecule has 0 saturated heterocycles. The van der Waals surface area contributed by atoms with Crippen LogP contribution in [0.1, 0.15) is 5.56 Å². The third-order valence-electron chi connectivity index (χ3n) is 3.15. The SMILES string of the molecule is CSc1cc(-c2ccco2)c(C#N)c(-c2ccccc2)n1. The minimum Gasteiger partial charge on any atom is -0.464 e. The maximum atomic E-state index is 9.58. The molecule has 0 aliphatic rings. The summed E-state index contributed by atoms with van der Waals surface area (Å²) in [5, 5.41) is 10.4. The van der Waals surface area contributed by atoms with Gasteiger partial charge in [0.25, 0.3) is 0 Å². The Kier molecular flexibility index (Phi) is 3.76. The molecule has 3 rings (SSSR count). The zero-order chi connectivity index (χ0) is 14.7. The van der Waals surface area contributed by atoms with Gasteiger partial charge in [-0.2, -0.15) is 5.26 Å². The molecule has 21 heavy (non-hydrogen) atoms. The number of thioether (sulfide) groups is 1. The van der Waals surface area contributed by atoms with Gasteiger partial charge in [-0.3, -0.25) is 0 Å². The summed E-state index contributed by atoms with van der Waals surface area (Å²) in [4.78, 5) is 4.60. The predicted molar refractivity (Wildman–Crippen MR) is 83.9 cm³/mol. The van der Waals surface area contributed by atoms with E-state index in [1.54, 1.807) is 18.0 Å². The van der Waals surface area contributed by atoms with Crippen LogP contribution < -0.4 is 0 Å². The molecule has 2 heterocycles. The summed E-state index contributed by atoms with van der Waals surface area (Å²) in [7, 11) is 0. The van der Waals surface area contributed by atoms with Crippen LogP contribution in [0.25, 0.3) is 22.6 Å². The number of aromatic nitrogens is 1. The Morgan fingerprint density at radius 3 is 2.57 bits per heavy atom. The van der Waals surface area contributed by atoms with Gasteiger partial charge in [0.05, 0.1) is 22.5 Å². The second-order valence-corrected chi connectivity index (χ2v) is 5.22. The number of nitriles is 1. The van der Waals surface area contributed by atoms with Crippen LogP contribution in [0.5, 0.6) is 0 Å². The van der Waals surface area contributed by atoms with Crippen LogP contribution in [0.2, 0.25) is 0 Å².